The fraction of sp³-hybridized carbons (Fsp3) is 0.526. The van der Waals surface area contributed by atoms with Gasteiger partial charge < -0.3 is 20.0 Å². The molecule has 152 valence electrons. The predicted molar refractivity (Wildman–Crippen MR) is 108 cm³/mol. The maximum atomic E-state index is 11.8. The third kappa shape index (κ3) is 3.44. The van der Waals surface area contributed by atoms with Crippen LogP contribution in [0.15, 0.2) is 31.0 Å². The third-order valence-corrected chi connectivity index (χ3v) is 6.08. The molecule has 0 spiro atoms. The quantitative estimate of drug-likeness (QED) is 0.727. The SMILES string of the molecule is O=CC1C(n2ccnn2)=CNN1c1cc(N2CCC(N3CCCC3)CC2)ncn1. The molecule has 2 fully saturated rings. The van der Waals surface area contributed by atoms with Crippen molar-refractivity contribution in [1.82, 2.24) is 35.3 Å². The maximum absolute atomic E-state index is 11.8. The monoisotopic (exact) mass is 395 g/mol. The lowest BCUT2D eigenvalue weighted by atomic mass is 10.0. The maximum Gasteiger partial charge on any atom is 0.153 e. The van der Waals surface area contributed by atoms with E-state index in [-0.39, 0.29) is 0 Å². The number of likely N-dealkylation sites (tertiary alicyclic amines) is 1. The highest BCUT2D eigenvalue weighted by Gasteiger charge is 2.31. The van der Waals surface area contributed by atoms with Gasteiger partial charge in [0.2, 0.25) is 0 Å². The molecular weight excluding hydrogens is 370 g/mol. The van der Waals surface area contributed by atoms with Crippen molar-refractivity contribution >= 4 is 23.6 Å². The molecule has 3 aliphatic rings. The summed E-state index contributed by atoms with van der Waals surface area (Å²) >= 11 is 0. The van der Waals surface area contributed by atoms with Crippen LogP contribution in [0, 0.1) is 0 Å². The smallest absolute Gasteiger partial charge is 0.153 e. The molecule has 0 aromatic carbocycles. The van der Waals surface area contributed by atoms with Crippen LogP contribution in [0.4, 0.5) is 11.6 Å². The number of rotatable bonds is 5. The summed E-state index contributed by atoms with van der Waals surface area (Å²) in [4.78, 5) is 25.6. The van der Waals surface area contributed by atoms with Crippen molar-refractivity contribution in [3.63, 3.8) is 0 Å². The summed E-state index contributed by atoms with van der Waals surface area (Å²) in [5.41, 5.74) is 3.82. The summed E-state index contributed by atoms with van der Waals surface area (Å²) in [5.74, 6) is 1.55. The second-order valence-corrected chi connectivity index (χ2v) is 7.69. The van der Waals surface area contributed by atoms with Crippen LogP contribution in [0.1, 0.15) is 25.7 Å². The first-order chi connectivity index (χ1) is 14.3. The Kier molecular flexibility index (Phi) is 4.84. The fourth-order valence-corrected chi connectivity index (χ4v) is 4.53. The number of aromatic nitrogens is 5. The summed E-state index contributed by atoms with van der Waals surface area (Å²) in [5, 5.41) is 9.53. The molecule has 1 atom stereocenters. The van der Waals surface area contributed by atoms with E-state index in [4.69, 9.17) is 0 Å². The molecule has 5 heterocycles. The van der Waals surface area contributed by atoms with Crippen LogP contribution < -0.4 is 15.3 Å². The predicted octanol–water partition coefficient (Wildman–Crippen LogP) is 0.523. The average molecular weight is 395 g/mol. The molecule has 1 unspecified atom stereocenters. The highest BCUT2D eigenvalue weighted by atomic mass is 16.1. The number of aldehydes is 1. The van der Waals surface area contributed by atoms with Gasteiger partial charge in [-0.3, -0.25) is 5.01 Å². The summed E-state index contributed by atoms with van der Waals surface area (Å²) in [6.07, 6.45) is 12.5. The zero-order valence-electron chi connectivity index (χ0n) is 16.3. The zero-order valence-corrected chi connectivity index (χ0v) is 16.3. The van der Waals surface area contributed by atoms with Gasteiger partial charge in [0.1, 0.15) is 12.1 Å². The normalized spacial score (nSPS) is 23.3. The van der Waals surface area contributed by atoms with E-state index in [2.05, 4.69) is 35.5 Å². The van der Waals surface area contributed by atoms with Gasteiger partial charge in [-0.1, -0.05) is 5.21 Å². The molecule has 5 rings (SSSR count). The lowest BCUT2D eigenvalue weighted by Gasteiger charge is -2.37. The molecule has 1 N–H and O–H groups in total. The van der Waals surface area contributed by atoms with Crippen LogP contribution in [0.3, 0.4) is 0 Å². The molecule has 10 nitrogen and oxygen atoms in total. The van der Waals surface area contributed by atoms with E-state index >= 15 is 0 Å². The van der Waals surface area contributed by atoms with Gasteiger partial charge in [-0.15, -0.1) is 5.10 Å². The number of hydrogen-bond donors (Lipinski definition) is 1. The molecule has 0 bridgehead atoms. The molecule has 0 radical (unpaired) electrons. The Balaban J connectivity index is 1.28. The fourth-order valence-electron chi connectivity index (χ4n) is 4.53. The topological polar surface area (TPSA) is 95.3 Å². The first kappa shape index (κ1) is 18.0. The lowest BCUT2D eigenvalue weighted by molar-refractivity contribution is -0.108. The van der Waals surface area contributed by atoms with Crippen LogP contribution in [-0.4, -0.2) is 74.4 Å². The summed E-state index contributed by atoms with van der Waals surface area (Å²) < 4.78 is 1.58. The Morgan fingerprint density at radius 1 is 1.07 bits per heavy atom. The van der Waals surface area contributed by atoms with E-state index in [9.17, 15) is 4.79 Å². The second kappa shape index (κ2) is 7.78. The van der Waals surface area contributed by atoms with Gasteiger partial charge in [-0.25, -0.2) is 14.6 Å². The van der Waals surface area contributed by atoms with Crippen molar-refractivity contribution in [1.29, 1.82) is 0 Å². The van der Waals surface area contributed by atoms with E-state index in [1.54, 1.807) is 34.6 Å². The van der Waals surface area contributed by atoms with Gasteiger partial charge in [-0.05, 0) is 38.8 Å². The van der Waals surface area contributed by atoms with Gasteiger partial charge in [0.25, 0.3) is 0 Å². The molecule has 29 heavy (non-hydrogen) atoms. The Bertz CT molecular complexity index is 870. The first-order valence-corrected chi connectivity index (χ1v) is 10.2. The molecular formula is C19H25N9O. The number of nitrogens with zero attached hydrogens (tertiary/aromatic N) is 8. The van der Waals surface area contributed by atoms with Crippen LogP contribution >= 0.6 is 0 Å². The summed E-state index contributed by atoms with van der Waals surface area (Å²) in [6, 6.07) is 2.10. The summed E-state index contributed by atoms with van der Waals surface area (Å²) in [7, 11) is 0. The number of piperidine rings is 1. The van der Waals surface area contributed by atoms with E-state index in [1.807, 2.05) is 6.07 Å². The van der Waals surface area contributed by atoms with Crippen LogP contribution in [0.2, 0.25) is 0 Å². The van der Waals surface area contributed by atoms with Gasteiger partial charge in [0.05, 0.1) is 18.1 Å². The molecule has 0 saturated carbocycles. The minimum atomic E-state index is -0.541. The standard InChI is InChI=1S/C19H25N9O/c29-13-17-16(27-10-5-22-24-27)12-23-28(17)19-11-18(20-14-21-19)26-8-3-15(4-9-26)25-6-1-2-7-25/h5,10-15,17,23H,1-4,6-9H2. The minimum absolute atomic E-state index is 0.541. The Morgan fingerprint density at radius 3 is 2.59 bits per heavy atom. The van der Waals surface area contributed by atoms with Gasteiger partial charge >= 0.3 is 0 Å². The van der Waals surface area contributed by atoms with Crippen molar-refractivity contribution in [3.05, 3.63) is 31.0 Å². The molecule has 2 aromatic rings. The number of hydrogen-bond acceptors (Lipinski definition) is 9. The van der Waals surface area contributed by atoms with Crippen molar-refractivity contribution in [2.75, 3.05) is 36.1 Å². The average Bonchev–Trinajstić information content (AvgIpc) is 3.55. The molecule has 10 heteroatoms. The molecule has 3 aliphatic heterocycles. The second-order valence-electron chi connectivity index (χ2n) is 7.69. The number of hydrazine groups is 1. The number of carbonyl (C=O) groups excluding carboxylic acids is 1. The van der Waals surface area contributed by atoms with E-state index in [0.717, 1.165) is 38.0 Å². The largest absolute Gasteiger partial charge is 0.356 e. The highest BCUT2D eigenvalue weighted by molar-refractivity contribution is 5.83. The van der Waals surface area contributed by atoms with E-state index in [1.165, 1.54) is 25.9 Å². The zero-order chi connectivity index (χ0) is 19.6. The number of nitrogens with one attached hydrogen (secondary N) is 1. The molecule has 2 aromatic heterocycles. The van der Waals surface area contributed by atoms with E-state index in [0.29, 0.717) is 17.6 Å². The van der Waals surface area contributed by atoms with Gasteiger partial charge in [0.15, 0.2) is 18.1 Å². The van der Waals surface area contributed by atoms with Gasteiger partial charge in [0, 0.05) is 31.4 Å². The number of anilines is 2. The summed E-state index contributed by atoms with van der Waals surface area (Å²) in [6.45, 7) is 4.48. The number of carbonyl (C=O) groups is 1. The van der Waals surface area contributed by atoms with Crippen molar-refractivity contribution in [3.8, 4) is 0 Å². The Morgan fingerprint density at radius 2 is 1.86 bits per heavy atom. The van der Waals surface area contributed by atoms with Crippen molar-refractivity contribution in [2.45, 2.75) is 37.8 Å². The Hall–Kier alpha value is -3.01. The van der Waals surface area contributed by atoms with Crippen molar-refractivity contribution in [2.24, 2.45) is 0 Å². The first-order valence-electron chi connectivity index (χ1n) is 10.2. The highest BCUT2D eigenvalue weighted by Crippen LogP contribution is 2.27. The van der Waals surface area contributed by atoms with Gasteiger partial charge in [-0.2, -0.15) is 0 Å². The third-order valence-electron chi connectivity index (χ3n) is 6.08. The minimum Gasteiger partial charge on any atom is -0.356 e. The van der Waals surface area contributed by atoms with Crippen LogP contribution in [0.25, 0.3) is 5.70 Å². The van der Waals surface area contributed by atoms with E-state index < -0.39 is 6.04 Å². The van der Waals surface area contributed by atoms with Crippen LogP contribution in [-0.2, 0) is 4.79 Å². The molecule has 2 saturated heterocycles. The Labute approximate surface area is 169 Å². The lowest BCUT2D eigenvalue weighted by Crippen LogP contribution is -2.44. The molecule has 0 aliphatic carbocycles. The van der Waals surface area contributed by atoms with Crippen LogP contribution in [0.5, 0.6) is 0 Å². The van der Waals surface area contributed by atoms with Crippen molar-refractivity contribution < 1.29 is 4.79 Å². The molecule has 0 amide bonds.